The molecule has 2 aromatic rings. The molecule has 8 nitrogen and oxygen atoms in total. The number of rotatable bonds is 8. The average molecular weight is 515 g/mol. The lowest BCUT2D eigenvalue weighted by Crippen LogP contribution is -2.52. The molecule has 4 amide bonds. The van der Waals surface area contributed by atoms with E-state index in [1.165, 1.54) is 0 Å². The number of hydrogen-bond acceptors (Lipinski definition) is 4. The van der Waals surface area contributed by atoms with Crippen LogP contribution in [-0.2, 0) is 9.59 Å². The fourth-order valence-corrected chi connectivity index (χ4v) is 5.60. The molecule has 3 heterocycles. The lowest BCUT2D eigenvalue weighted by atomic mass is 9.95. The van der Waals surface area contributed by atoms with E-state index in [0.29, 0.717) is 22.8 Å². The van der Waals surface area contributed by atoms with E-state index in [1.54, 1.807) is 15.9 Å². The Morgan fingerprint density at radius 3 is 2.47 bits per heavy atom. The first kappa shape index (κ1) is 25.6. The maximum Gasteiger partial charge on any atom is 0.322 e. The van der Waals surface area contributed by atoms with Gasteiger partial charge in [-0.15, -0.1) is 6.58 Å². The van der Waals surface area contributed by atoms with E-state index in [4.69, 9.17) is 4.74 Å². The molecule has 1 N–H and O–H groups in total. The molecule has 0 spiro atoms. The van der Waals surface area contributed by atoms with Gasteiger partial charge in [0.2, 0.25) is 5.91 Å². The second-order valence-corrected chi connectivity index (χ2v) is 10.3. The predicted octanol–water partition coefficient (Wildman–Crippen LogP) is 4.47. The van der Waals surface area contributed by atoms with E-state index in [9.17, 15) is 14.4 Å². The summed E-state index contributed by atoms with van der Waals surface area (Å²) in [6.07, 6.45) is 3.60. The number of nitrogens with one attached hydrogen (secondary N) is 1. The summed E-state index contributed by atoms with van der Waals surface area (Å²) in [7, 11) is 0. The predicted molar refractivity (Wildman–Crippen MR) is 144 cm³/mol. The third kappa shape index (κ3) is 4.78. The molecule has 8 heteroatoms. The number of ether oxygens (including phenoxy) is 1. The Morgan fingerprint density at radius 1 is 1.08 bits per heavy atom. The molecule has 3 aliphatic rings. The van der Waals surface area contributed by atoms with E-state index in [0.717, 1.165) is 31.5 Å². The van der Waals surface area contributed by atoms with Gasteiger partial charge in [-0.25, -0.2) is 4.79 Å². The summed E-state index contributed by atoms with van der Waals surface area (Å²) >= 11 is 0. The van der Waals surface area contributed by atoms with E-state index in [1.807, 2.05) is 73.3 Å². The Hall–Kier alpha value is -4.07. The van der Waals surface area contributed by atoms with E-state index >= 15 is 0 Å². The van der Waals surface area contributed by atoms with Gasteiger partial charge in [0, 0.05) is 19.6 Å². The normalized spacial score (nSPS) is 20.1. The van der Waals surface area contributed by atoms with Crippen LogP contribution in [0.15, 0.2) is 78.5 Å². The van der Waals surface area contributed by atoms with E-state index < -0.39 is 12.1 Å². The molecule has 2 atom stereocenters. The Labute approximate surface area is 223 Å². The molecule has 3 aliphatic heterocycles. The minimum atomic E-state index is -0.662. The number of para-hydroxylation sites is 1. The van der Waals surface area contributed by atoms with Gasteiger partial charge in [0.15, 0.2) is 0 Å². The maximum absolute atomic E-state index is 14.1. The molecule has 198 valence electrons. The van der Waals surface area contributed by atoms with Gasteiger partial charge in [-0.05, 0) is 48.6 Å². The third-order valence-corrected chi connectivity index (χ3v) is 7.37. The molecule has 0 radical (unpaired) electrons. The molecular formula is C30H34N4O4. The Balaban J connectivity index is 1.50. The van der Waals surface area contributed by atoms with Crippen molar-refractivity contribution in [1.82, 2.24) is 20.0 Å². The fourth-order valence-electron chi connectivity index (χ4n) is 5.60. The lowest BCUT2D eigenvalue weighted by molar-refractivity contribution is -0.144. The standard InChI is InChI=1S/C30H34N4O4/c1-4-15-33-24-19-34(27(20(2)3)29(36)32-16-8-9-17-32)28(35)25(24)26(31-30(33)37)21-11-10-14-23(18-21)38-22-12-6-5-7-13-22/h4-7,10-14,18,20,26-27H,1,8-9,15-17,19H2,2-3H3,(H,31,37)/t26-,27-/m1/s1. The molecule has 5 rings (SSSR count). The molecule has 0 saturated carbocycles. The van der Waals surface area contributed by atoms with Crippen molar-refractivity contribution in [3.63, 3.8) is 0 Å². The highest BCUT2D eigenvalue weighted by molar-refractivity contribution is 6.03. The monoisotopic (exact) mass is 514 g/mol. The summed E-state index contributed by atoms with van der Waals surface area (Å²) < 4.78 is 6.02. The minimum absolute atomic E-state index is 0.0185. The summed E-state index contributed by atoms with van der Waals surface area (Å²) in [5.74, 6) is 0.976. The van der Waals surface area contributed by atoms with Gasteiger partial charge in [-0.2, -0.15) is 0 Å². The Bertz CT molecular complexity index is 1270. The van der Waals surface area contributed by atoms with E-state index in [2.05, 4.69) is 11.9 Å². The van der Waals surface area contributed by atoms with Crippen molar-refractivity contribution in [3.05, 3.63) is 84.1 Å². The van der Waals surface area contributed by atoms with Gasteiger partial charge in [0.1, 0.15) is 17.5 Å². The quantitative estimate of drug-likeness (QED) is 0.527. The molecular weight excluding hydrogens is 480 g/mol. The Morgan fingerprint density at radius 2 is 1.79 bits per heavy atom. The number of carbonyl (C=O) groups excluding carboxylic acids is 3. The van der Waals surface area contributed by atoms with Crippen LogP contribution in [0.4, 0.5) is 4.79 Å². The zero-order chi connectivity index (χ0) is 26.8. The topological polar surface area (TPSA) is 82.2 Å². The van der Waals surface area contributed by atoms with Crippen molar-refractivity contribution < 1.29 is 19.1 Å². The van der Waals surface area contributed by atoms with Crippen LogP contribution in [0.2, 0.25) is 0 Å². The lowest BCUT2D eigenvalue weighted by Gasteiger charge is -2.33. The largest absolute Gasteiger partial charge is 0.457 e. The first-order valence-electron chi connectivity index (χ1n) is 13.2. The molecule has 0 unspecified atom stereocenters. The van der Waals surface area contributed by atoms with Crippen LogP contribution in [0.1, 0.15) is 38.3 Å². The van der Waals surface area contributed by atoms with Gasteiger partial charge in [0.25, 0.3) is 5.91 Å². The molecule has 1 fully saturated rings. The van der Waals surface area contributed by atoms with Gasteiger partial charge in [0.05, 0.1) is 23.9 Å². The van der Waals surface area contributed by atoms with Crippen LogP contribution in [0, 0.1) is 5.92 Å². The second-order valence-electron chi connectivity index (χ2n) is 10.3. The summed E-state index contributed by atoms with van der Waals surface area (Å²) in [5.41, 5.74) is 1.85. The highest BCUT2D eigenvalue weighted by Gasteiger charge is 2.48. The van der Waals surface area contributed by atoms with E-state index in [-0.39, 0.29) is 36.9 Å². The average Bonchev–Trinajstić information content (AvgIpc) is 3.56. The maximum atomic E-state index is 14.1. The van der Waals surface area contributed by atoms with Gasteiger partial charge >= 0.3 is 6.03 Å². The molecule has 2 aromatic carbocycles. The van der Waals surface area contributed by atoms with Gasteiger partial charge < -0.3 is 19.9 Å². The second kappa shape index (κ2) is 10.7. The van der Waals surface area contributed by atoms with Crippen molar-refractivity contribution in [2.24, 2.45) is 5.92 Å². The van der Waals surface area contributed by atoms with Crippen LogP contribution >= 0.6 is 0 Å². The van der Waals surface area contributed by atoms with Crippen molar-refractivity contribution in [1.29, 1.82) is 0 Å². The summed E-state index contributed by atoms with van der Waals surface area (Å²) in [6.45, 7) is 9.64. The minimum Gasteiger partial charge on any atom is -0.457 e. The molecule has 0 bridgehead atoms. The molecule has 0 aromatic heterocycles. The smallest absolute Gasteiger partial charge is 0.322 e. The number of urea groups is 1. The molecule has 38 heavy (non-hydrogen) atoms. The first-order valence-corrected chi connectivity index (χ1v) is 13.2. The zero-order valence-corrected chi connectivity index (χ0v) is 21.9. The van der Waals surface area contributed by atoms with Crippen molar-refractivity contribution in [2.45, 2.75) is 38.8 Å². The number of benzene rings is 2. The zero-order valence-electron chi connectivity index (χ0n) is 21.9. The van der Waals surface area contributed by atoms with Crippen LogP contribution in [-0.4, -0.2) is 64.8 Å². The summed E-state index contributed by atoms with van der Waals surface area (Å²) in [5, 5.41) is 3.02. The number of carbonyl (C=O) groups is 3. The first-order chi connectivity index (χ1) is 18.4. The highest BCUT2D eigenvalue weighted by atomic mass is 16.5. The van der Waals surface area contributed by atoms with Crippen molar-refractivity contribution >= 4 is 17.8 Å². The Kier molecular flexibility index (Phi) is 7.22. The van der Waals surface area contributed by atoms with Crippen LogP contribution in [0.3, 0.4) is 0 Å². The highest BCUT2D eigenvalue weighted by Crippen LogP contribution is 2.39. The number of likely N-dealkylation sites (tertiary alicyclic amines) is 1. The van der Waals surface area contributed by atoms with Crippen molar-refractivity contribution in [2.75, 3.05) is 26.2 Å². The SMILES string of the molecule is C=CCN1C(=O)N[C@H](c2cccc(Oc3ccccc3)c2)C2=C1CN([C@@H](C(=O)N1CCCC1)C(C)C)C2=O. The molecule has 0 aliphatic carbocycles. The number of amides is 4. The van der Waals surface area contributed by atoms with Crippen LogP contribution in [0.5, 0.6) is 11.5 Å². The third-order valence-electron chi connectivity index (χ3n) is 7.37. The van der Waals surface area contributed by atoms with Gasteiger partial charge in [-0.3, -0.25) is 14.5 Å². The van der Waals surface area contributed by atoms with Crippen molar-refractivity contribution in [3.8, 4) is 11.5 Å². The molecule has 1 saturated heterocycles. The summed E-state index contributed by atoms with van der Waals surface area (Å²) in [6, 6.07) is 15.3. The van der Waals surface area contributed by atoms with Crippen LogP contribution in [0.25, 0.3) is 0 Å². The number of nitrogens with zero attached hydrogens (tertiary/aromatic N) is 3. The summed E-state index contributed by atoms with van der Waals surface area (Å²) in [4.78, 5) is 46.0. The van der Waals surface area contributed by atoms with Gasteiger partial charge in [-0.1, -0.05) is 50.3 Å². The van der Waals surface area contributed by atoms with Crippen LogP contribution < -0.4 is 10.1 Å². The number of hydrogen-bond donors (Lipinski definition) is 1. The fraction of sp³-hybridized carbons (Fsp3) is 0.367.